The second kappa shape index (κ2) is 14.0. The molecule has 0 radical (unpaired) electrons. The average molecular weight is 763 g/mol. The molecule has 0 atom stereocenters. The van der Waals surface area contributed by atoms with E-state index in [-0.39, 0.29) is 0 Å². The summed E-state index contributed by atoms with van der Waals surface area (Å²) in [5.41, 5.74) is 12.0. The van der Waals surface area contributed by atoms with Crippen LogP contribution in [0.25, 0.3) is 88.4 Å². The van der Waals surface area contributed by atoms with E-state index in [2.05, 4.69) is 93.0 Å². The number of hydrogen-bond acceptors (Lipinski definition) is 6. The fraction of sp³-hybridized carbons (Fsp3) is 0. The molecule has 7 aromatic carbocycles. The Balaban J connectivity index is 1.28. The second-order valence-electron chi connectivity index (χ2n) is 14.4. The van der Waals surface area contributed by atoms with Crippen LogP contribution in [0, 0.1) is 56.7 Å². The van der Waals surface area contributed by atoms with Crippen LogP contribution in [0.5, 0.6) is 0 Å². The molecule has 60 heavy (non-hydrogen) atoms. The van der Waals surface area contributed by atoms with Gasteiger partial charge >= 0.3 is 0 Å². The number of rotatable bonds is 5. The van der Waals surface area contributed by atoms with Gasteiger partial charge in [-0.05, 0) is 113 Å². The van der Waals surface area contributed by atoms with Crippen molar-refractivity contribution in [1.29, 1.82) is 26.3 Å². The molecule has 0 saturated carbocycles. The van der Waals surface area contributed by atoms with E-state index in [0.717, 1.165) is 82.7 Å². The molecule has 3 heterocycles. The SMILES string of the molecule is N#Cc1cc(C#N)cc(-c2ccc3c4ccccc4n(-c4cc(-c5ccncc5)c(-n5c6ccccc6c6ccc(-c7cc(C#N)cc(C#N)c7)cc65)cc4C#N)c3c2)c1. The summed E-state index contributed by atoms with van der Waals surface area (Å²) in [6.07, 6.45) is 3.51. The van der Waals surface area contributed by atoms with Crippen molar-refractivity contribution in [2.24, 2.45) is 0 Å². The maximum absolute atomic E-state index is 11.1. The molecule has 0 aliphatic carbocycles. The first kappa shape index (κ1) is 35.2. The molecule has 0 aliphatic rings. The van der Waals surface area contributed by atoms with E-state index in [4.69, 9.17) is 0 Å². The lowest BCUT2D eigenvalue weighted by atomic mass is 9.98. The van der Waals surface area contributed by atoms with Crippen LogP contribution >= 0.6 is 0 Å². The van der Waals surface area contributed by atoms with Crippen molar-refractivity contribution in [2.45, 2.75) is 0 Å². The maximum Gasteiger partial charge on any atom is 0.101 e. The van der Waals surface area contributed by atoms with Crippen LogP contribution in [0.2, 0.25) is 0 Å². The van der Waals surface area contributed by atoms with Crippen molar-refractivity contribution in [3.05, 3.63) is 186 Å². The quantitative estimate of drug-likeness (QED) is 0.171. The number of aromatic nitrogens is 3. The van der Waals surface area contributed by atoms with Gasteiger partial charge in [0.15, 0.2) is 0 Å². The summed E-state index contributed by atoms with van der Waals surface area (Å²) in [7, 11) is 0. The Morgan fingerprint density at radius 1 is 0.350 bits per heavy atom. The molecular weight excluding hydrogens is 737 g/mol. The number of benzene rings is 7. The van der Waals surface area contributed by atoms with Gasteiger partial charge in [0, 0.05) is 39.5 Å². The van der Waals surface area contributed by atoms with Crippen molar-refractivity contribution in [1.82, 2.24) is 14.1 Å². The number of nitrogens with zero attached hydrogens (tertiary/aromatic N) is 8. The van der Waals surface area contributed by atoms with E-state index in [1.807, 2.05) is 60.7 Å². The van der Waals surface area contributed by atoms with Gasteiger partial charge in [-0.3, -0.25) is 4.98 Å². The molecule has 8 nitrogen and oxygen atoms in total. The first-order valence-electron chi connectivity index (χ1n) is 19.0. The van der Waals surface area contributed by atoms with Crippen molar-refractivity contribution in [2.75, 3.05) is 0 Å². The number of fused-ring (bicyclic) bond motifs is 6. The summed E-state index contributed by atoms with van der Waals surface area (Å²) < 4.78 is 4.31. The molecule has 10 aromatic rings. The molecule has 3 aromatic heterocycles. The van der Waals surface area contributed by atoms with E-state index in [0.29, 0.717) is 33.5 Å². The van der Waals surface area contributed by atoms with Gasteiger partial charge in [0.1, 0.15) is 6.07 Å². The first-order chi connectivity index (χ1) is 29.5. The van der Waals surface area contributed by atoms with E-state index in [1.54, 1.807) is 48.8 Å². The third kappa shape index (κ3) is 5.61. The summed E-state index contributed by atoms with van der Waals surface area (Å²) in [6.45, 7) is 0. The predicted molar refractivity (Wildman–Crippen MR) is 233 cm³/mol. The molecule has 0 N–H and O–H groups in total. The van der Waals surface area contributed by atoms with Crippen LogP contribution in [0.15, 0.2) is 158 Å². The van der Waals surface area contributed by atoms with Gasteiger partial charge < -0.3 is 9.13 Å². The summed E-state index contributed by atoms with van der Waals surface area (Å²) in [6, 6.07) is 58.1. The fourth-order valence-corrected chi connectivity index (χ4v) is 8.47. The van der Waals surface area contributed by atoms with Crippen molar-refractivity contribution in [3.63, 3.8) is 0 Å². The van der Waals surface area contributed by atoms with Crippen molar-refractivity contribution < 1.29 is 0 Å². The molecule has 8 heteroatoms. The highest BCUT2D eigenvalue weighted by Crippen LogP contribution is 2.42. The molecule has 0 amide bonds. The highest BCUT2D eigenvalue weighted by atomic mass is 15.0. The topological polar surface area (TPSA) is 142 Å². The van der Waals surface area contributed by atoms with E-state index < -0.39 is 0 Å². The van der Waals surface area contributed by atoms with E-state index in [9.17, 15) is 26.3 Å². The molecule has 274 valence electrons. The zero-order valence-corrected chi connectivity index (χ0v) is 31.6. The molecule has 0 aliphatic heterocycles. The van der Waals surface area contributed by atoms with Crippen LogP contribution in [-0.4, -0.2) is 14.1 Å². The molecule has 0 unspecified atom stereocenters. The zero-order valence-electron chi connectivity index (χ0n) is 31.6. The minimum atomic E-state index is 0.397. The highest BCUT2D eigenvalue weighted by molar-refractivity contribution is 6.12. The van der Waals surface area contributed by atoms with Crippen molar-refractivity contribution >= 4 is 43.6 Å². The predicted octanol–water partition coefficient (Wildman–Crippen LogP) is 11.6. The molecule has 0 bridgehead atoms. The second-order valence-corrected chi connectivity index (χ2v) is 14.4. The van der Waals surface area contributed by atoms with Crippen LogP contribution < -0.4 is 0 Å². The smallest absolute Gasteiger partial charge is 0.101 e. The standard InChI is InChI=1S/C52H26N8/c53-27-32-17-33(28-54)20-39(19-32)37-9-11-44-42-5-1-3-7-47(42)59(50(44)23-37)49-26-46(36-13-15-58-16-14-36)52(25-41(49)31-57)60-48-8-4-2-6-43(48)45-12-10-38(24-51(45)60)40-21-34(29-55)18-35(22-40)30-56/h1-26H. The fourth-order valence-electron chi connectivity index (χ4n) is 8.47. The van der Waals surface area contributed by atoms with Gasteiger partial charge in [-0.2, -0.15) is 26.3 Å². The van der Waals surface area contributed by atoms with Gasteiger partial charge in [-0.25, -0.2) is 0 Å². The molecule has 0 fully saturated rings. The minimum Gasteiger partial charge on any atom is -0.309 e. The third-order valence-electron chi connectivity index (χ3n) is 11.1. The Bertz CT molecular complexity index is 3600. The van der Waals surface area contributed by atoms with Crippen LogP contribution in [0.1, 0.15) is 27.8 Å². The van der Waals surface area contributed by atoms with Crippen molar-refractivity contribution in [3.8, 4) is 75.1 Å². The lowest BCUT2D eigenvalue weighted by Crippen LogP contribution is -2.04. The van der Waals surface area contributed by atoms with Crippen LogP contribution in [0.4, 0.5) is 0 Å². The summed E-state index contributed by atoms with van der Waals surface area (Å²) in [5.74, 6) is 0. The average Bonchev–Trinajstić information content (AvgIpc) is 3.82. The number of pyridine rings is 1. The minimum absolute atomic E-state index is 0.397. The van der Waals surface area contributed by atoms with Gasteiger partial charge in [-0.1, -0.05) is 60.7 Å². The van der Waals surface area contributed by atoms with E-state index >= 15 is 0 Å². The van der Waals surface area contributed by atoms with Crippen LogP contribution in [-0.2, 0) is 0 Å². The molecule has 10 rings (SSSR count). The normalized spacial score (nSPS) is 10.9. The summed E-state index contributed by atoms with van der Waals surface area (Å²) in [4.78, 5) is 4.34. The Hall–Kier alpha value is -9.26. The van der Waals surface area contributed by atoms with Gasteiger partial charge in [-0.15, -0.1) is 0 Å². The lowest BCUT2D eigenvalue weighted by molar-refractivity contribution is 1.13. The van der Waals surface area contributed by atoms with Gasteiger partial charge in [0.05, 0.1) is 85.5 Å². The zero-order chi connectivity index (χ0) is 40.9. The molecule has 0 saturated heterocycles. The first-order valence-corrected chi connectivity index (χ1v) is 19.0. The van der Waals surface area contributed by atoms with Gasteiger partial charge in [0.2, 0.25) is 0 Å². The largest absolute Gasteiger partial charge is 0.309 e. The van der Waals surface area contributed by atoms with E-state index in [1.165, 1.54) is 0 Å². The summed E-state index contributed by atoms with van der Waals surface area (Å²) in [5, 5.41) is 54.2. The Morgan fingerprint density at radius 3 is 1.27 bits per heavy atom. The third-order valence-corrected chi connectivity index (χ3v) is 11.1. The number of para-hydroxylation sites is 2. The van der Waals surface area contributed by atoms with Crippen LogP contribution in [0.3, 0.4) is 0 Å². The highest BCUT2D eigenvalue weighted by Gasteiger charge is 2.22. The Labute approximate surface area is 343 Å². The summed E-state index contributed by atoms with van der Waals surface area (Å²) >= 11 is 0. The number of hydrogen-bond donors (Lipinski definition) is 0. The number of nitriles is 5. The maximum atomic E-state index is 11.1. The Kier molecular flexibility index (Phi) is 8.23. The lowest BCUT2D eigenvalue weighted by Gasteiger charge is -2.19. The Morgan fingerprint density at radius 2 is 0.800 bits per heavy atom. The monoisotopic (exact) mass is 762 g/mol. The van der Waals surface area contributed by atoms with Gasteiger partial charge in [0.25, 0.3) is 0 Å². The molecule has 0 spiro atoms. The molecular formula is C52H26N8.